The van der Waals surface area contributed by atoms with Gasteiger partial charge in [-0.3, -0.25) is 25.1 Å². The Balaban J connectivity index is 1.76. The number of nitrogens with one attached hydrogen (secondary N) is 1. The van der Waals surface area contributed by atoms with E-state index in [2.05, 4.69) is 5.43 Å². The molecule has 0 unspecified atom stereocenters. The van der Waals surface area contributed by atoms with Crippen LogP contribution in [0.3, 0.4) is 0 Å². The number of benzene rings is 2. The summed E-state index contributed by atoms with van der Waals surface area (Å²) in [6.07, 6.45) is 1.53. The summed E-state index contributed by atoms with van der Waals surface area (Å²) >= 11 is 6.13. The molecular formula is C17H11N3O5S2. The van der Waals surface area contributed by atoms with E-state index in [0.717, 1.165) is 16.8 Å². The summed E-state index contributed by atoms with van der Waals surface area (Å²) in [4.78, 5) is 35.2. The van der Waals surface area contributed by atoms with Gasteiger partial charge in [0.25, 0.3) is 17.5 Å². The fourth-order valence-electron chi connectivity index (χ4n) is 2.22. The van der Waals surface area contributed by atoms with Crippen molar-refractivity contribution >= 4 is 51.9 Å². The van der Waals surface area contributed by atoms with Gasteiger partial charge in [0.2, 0.25) is 0 Å². The first-order valence-corrected chi connectivity index (χ1v) is 8.70. The van der Waals surface area contributed by atoms with Gasteiger partial charge in [-0.05, 0) is 54.2 Å². The van der Waals surface area contributed by atoms with Crippen LogP contribution >= 0.6 is 24.0 Å². The van der Waals surface area contributed by atoms with Crippen LogP contribution in [0, 0.1) is 10.1 Å². The van der Waals surface area contributed by atoms with Crippen LogP contribution in [-0.4, -0.2) is 31.2 Å². The number of thioether (sulfide) groups is 1. The zero-order chi connectivity index (χ0) is 19.6. The van der Waals surface area contributed by atoms with Gasteiger partial charge in [-0.2, -0.15) is 5.01 Å². The molecule has 1 saturated heterocycles. The molecule has 3 rings (SSSR count). The van der Waals surface area contributed by atoms with Gasteiger partial charge in [0.05, 0.1) is 9.83 Å². The van der Waals surface area contributed by atoms with Crippen molar-refractivity contribution in [2.45, 2.75) is 0 Å². The van der Waals surface area contributed by atoms with E-state index in [9.17, 15) is 24.8 Å². The Labute approximate surface area is 162 Å². The highest BCUT2D eigenvalue weighted by Crippen LogP contribution is 2.31. The van der Waals surface area contributed by atoms with E-state index >= 15 is 0 Å². The minimum atomic E-state index is -0.598. The molecule has 27 heavy (non-hydrogen) atoms. The molecule has 1 aliphatic heterocycles. The van der Waals surface area contributed by atoms with Crippen molar-refractivity contribution in [2.24, 2.45) is 0 Å². The van der Waals surface area contributed by atoms with E-state index in [1.165, 1.54) is 54.6 Å². The standard InChI is InChI=1S/C17H11N3O5S2/c21-13-3-1-2-11(9-13)15(22)18-19-16(23)14(27-17(19)26)8-10-4-6-12(7-5-10)20(24)25/h1-9,21H,(H,18,22)/b14-8-. The number of phenolic OH excluding ortho intramolecular Hbond substituents is 1. The Morgan fingerprint density at radius 3 is 2.59 bits per heavy atom. The molecule has 2 amide bonds. The molecule has 0 aliphatic carbocycles. The number of hydrogen-bond donors (Lipinski definition) is 2. The molecule has 1 aliphatic rings. The summed E-state index contributed by atoms with van der Waals surface area (Å²) in [6.45, 7) is 0. The number of nitro benzene ring substituents is 1. The molecule has 2 aromatic rings. The molecule has 0 radical (unpaired) electrons. The van der Waals surface area contributed by atoms with Crippen molar-refractivity contribution in [3.63, 3.8) is 0 Å². The lowest BCUT2D eigenvalue weighted by Gasteiger charge is -2.15. The minimum Gasteiger partial charge on any atom is -0.508 e. The van der Waals surface area contributed by atoms with Crippen LogP contribution in [0.5, 0.6) is 5.75 Å². The van der Waals surface area contributed by atoms with Crippen molar-refractivity contribution in [1.82, 2.24) is 10.4 Å². The minimum absolute atomic E-state index is 0.0573. The number of aromatic hydroxyl groups is 1. The number of thiocarbonyl (C=S) groups is 1. The lowest BCUT2D eigenvalue weighted by molar-refractivity contribution is -0.384. The van der Waals surface area contributed by atoms with E-state index < -0.39 is 16.7 Å². The van der Waals surface area contributed by atoms with Gasteiger partial charge in [0.15, 0.2) is 4.32 Å². The molecule has 136 valence electrons. The van der Waals surface area contributed by atoms with Crippen molar-refractivity contribution in [3.05, 3.63) is 74.7 Å². The number of phenols is 1. The Kier molecular flexibility index (Phi) is 5.19. The van der Waals surface area contributed by atoms with Gasteiger partial charge >= 0.3 is 0 Å². The summed E-state index contributed by atoms with van der Waals surface area (Å²) in [5.74, 6) is -1.19. The number of nitrogens with zero attached hydrogens (tertiary/aromatic N) is 2. The molecule has 0 atom stereocenters. The number of nitro groups is 1. The van der Waals surface area contributed by atoms with Crippen molar-refractivity contribution < 1.29 is 19.6 Å². The monoisotopic (exact) mass is 401 g/mol. The third-order valence-electron chi connectivity index (χ3n) is 3.52. The predicted octanol–water partition coefficient (Wildman–Crippen LogP) is 2.85. The molecule has 2 aromatic carbocycles. The molecular weight excluding hydrogens is 390 g/mol. The van der Waals surface area contributed by atoms with Gasteiger partial charge in [-0.25, -0.2) is 0 Å². The van der Waals surface area contributed by atoms with Crippen molar-refractivity contribution in [3.8, 4) is 5.75 Å². The number of non-ortho nitro benzene ring substituents is 1. The zero-order valence-corrected chi connectivity index (χ0v) is 15.1. The molecule has 0 bridgehead atoms. The second-order valence-electron chi connectivity index (χ2n) is 5.36. The molecule has 0 spiro atoms. The molecule has 0 saturated carbocycles. The quantitative estimate of drug-likeness (QED) is 0.350. The number of hydrogen-bond acceptors (Lipinski definition) is 7. The highest BCUT2D eigenvalue weighted by atomic mass is 32.2. The summed E-state index contributed by atoms with van der Waals surface area (Å²) in [6, 6.07) is 11.4. The second kappa shape index (κ2) is 7.56. The molecule has 1 heterocycles. The average molecular weight is 401 g/mol. The third kappa shape index (κ3) is 4.13. The fraction of sp³-hybridized carbons (Fsp3) is 0. The van der Waals surface area contributed by atoms with Crippen molar-refractivity contribution in [2.75, 3.05) is 0 Å². The number of carbonyl (C=O) groups is 2. The second-order valence-corrected chi connectivity index (χ2v) is 7.03. The van der Waals surface area contributed by atoms with Crippen LogP contribution < -0.4 is 5.43 Å². The summed E-state index contributed by atoms with van der Waals surface area (Å²) in [5.41, 5.74) is 3.10. The average Bonchev–Trinajstić information content (AvgIpc) is 2.89. The van der Waals surface area contributed by atoms with Crippen molar-refractivity contribution in [1.29, 1.82) is 0 Å². The lowest BCUT2D eigenvalue weighted by Crippen LogP contribution is -2.44. The largest absolute Gasteiger partial charge is 0.508 e. The topological polar surface area (TPSA) is 113 Å². The predicted molar refractivity (Wildman–Crippen MR) is 104 cm³/mol. The van der Waals surface area contributed by atoms with E-state index in [0.29, 0.717) is 5.56 Å². The van der Waals surface area contributed by atoms with E-state index in [1.807, 2.05) is 0 Å². The third-order valence-corrected chi connectivity index (χ3v) is 4.82. The van der Waals surface area contributed by atoms with E-state index in [1.54, 1.807) is 0 Å². The van der Waals surface area contributed by atoms with Crippen LogP contribution in [-0.2, 0) is 4.79 Å². The van der Waals surface area contributed by atoms with Gasteiger partial charge in [0, 0.05) is 17.7 Å². The van der Waals surface area contributed by atoms with Crippen LogP contribution in [0.4, 0.5) is 5.69 Å². The maximum Gasteiger partial charge on any atom is 0.285 e. The zero-order valence-electron chi connectivity index (χ0n) is 13.5. The first-order valence-electron chi connectivity index (χ1n) is 7.47. The molecule has 1 fully saturated rings. The van der Waals surface area contributed by atoms with Crippen LogP contribution in [0.2, 0.25) is 0 Å². The molecule has 2 N–H and O–H groups in total. The highest BCUT2D eigenvalue weighted by Gasteiger charge is 2.33. The Hall–Kier alpha value is -3.24. The number of rotatable bonds is 4. The highest BCUT2D eigenvalue weighted by molar-refractivity contribution is 8.26. The number of amides is 2. The van der Waals surface area contributed by atoms with Gasteiger partial charge < -0.3 is 5.11 Å². The maximum atomic E-state index is 12.5. The first-order chi connectivity index (χ1) is 12.8. The lowest BCUT2D eigenvalue weighted by atomic mass is 10.2. The summed E-state index contributed by atoms with van der Waals surface area (Å²) < 4.78 is 0.140. The normalized spacial score (nSPS) is 15.3. The SMILES string of the molecule is O=C(NN1C(=O)/C(=C/c2ccc([N+](=O)[O-])cc2)SC1=S)c1cccc(O)c1. The van der Waals surface area contributed by atoms with Crippen LogP contribution in [0.15, 0.2) is 53.4 Å². The number of carbonyl (C=O) groups excluding carboxylic acids is 2. The first kappa shape index (κ1) is 18.5. The van der Waals surface area contributed by atoms with Crippen LogP contribution in [0.1, 0.15) is 15.9 Å². The van der Waals surface area contributed by atoms with Gasteiger partial charge in [0.1, 0.15) is 5.75 Å². The maximum absolute atomic E-state index is 12.5. The molecule has 8 nitrogen and oxygen atoms in total. The van der Waals surface area contributed by atoms with Crippen LogP contribution in [0.25, 0.3) is 6.08 Å². The summed E-state index contributed by atoms with van der Waals surface area (Å²) in [7, 11) is 0. The Morgan fingerprint density at radius 2 is 1.96 bits per heavy atom. The Bertz CT molecular complexity index is 988. The van der Waals surface area contributed by atoms with E-state index in [-0.39, 0.29) is 26.2 Å². The molecule has 0 aromatic heterocycles. The molecule has 10 heteroatoms. The fourth-order valence-corrected chi connectivity index (χ4v) is 3.40. The number of hydrazine groups is 1. The Morgan fingerprint density at radius 1 is 1.26 bits per heavy atom. The smallest absolute Gasteiger partial charge is 0.285 e. The van der Waals surface area contributed by atoms with Gasteiger partial charge in [-0.15, -0.1) is 0 Å². The summed E-state index contributed by atoms with van der Waals surface area (Å²) in [5, 5.41) is 21.1. The van der Waals surface area contributed by atoms with Gasteiger partial charge in [-0.1, -0.05) is 17.8 Å². The van der Waals surface area contributed by atoms with E-state index in [4.69, 9.17) is 12.2 Å².